The number of anilines is 1. The zero-order chi connectivity index (χ0) is 19.9. The van der Waals surface area contributed by atoms with E-state index in [4.69, 9.17) is 11.6 Å². The van der Waals surface area contributed by atoms with Crippen molar-refractivity contribution in [1.82, 2.24) is 10.9 Å². The fourth-order valence-electron chi connectivity index (χ4n) is 2.51. The van der Waals surface area contributed by atoms with E-state index >= 15 is 0 Å². The van der Waals surface area contributed by atoms with Gasteiger partial charge in [-0.25, -0.2) is 5.43 Å². The van der Waals surface area contributed by atoms with Crippen LogP contribution in [0.3, 0.4) is 0 Å². The van der Waals surface area contributed by atoms with Crippen molar-refractivity contribution >= 4 is 29.1 Å². The number of hydrogen-bond donors (Lipinski definition) is 4. The molecule has 0 fully saturated rings. The predicted octanol–water partition coefficient (Wildman–Crippen LogP) is 3.66. The van der Waals surface area contributed by atoms with E-state index in [0.717, 1.165) is 0 Å². The number of hydrogen-bond acceptors (Lipinski definition) is 4. The first-order valence-corrected chi connectivity index (χ1v) is 8.87. The van der Waals surface area contributed by atoms with Crippen LogP contribution >= 0.6 is 11.6 Å². The molecule has 4 N–H and O–H groups in total. The zero-order valence-electron chi connectivity index (χ0n) is 14.7. The normalized spacial score (nSPS) is 11.5. The Morgan fingerprint density at radius 2 is 1.50 bits per heavy atom. The van der Waals surface area contributed by atoms with Crippen LogP contribution in [0.1, 0.15) is 22.0 Å². The van der Waals surface area contributed by atoms with Crippen LogP contribution in [0, 0.1) is 0 Å². The smallest absolute Gasteiger partial charge is 0.265 e. The predicted molar refractivity (Wildman–Crippen MR) is 108 cm³/mol. The highest BCUT2D eigenvalue weighted by molar-refractivity contribution is 6.30. The molecule has 2 amide bonds. The van der Waals surface area contributed by atoms with E-state index in [9.17, 15) is 14.7 Å². The summed E-state index contributed by atoms with van der Waals surface area (Å²) in [5.74, 6) is -0.725. The van der Waals surface area contributed by atoms with E-state index < -0.39 is 11.9 Å². The van der Waals surface area contributed by atoms with Crippen LogP contribution in [0.2, 0.25) is 5.02 Å². The highest BCUT2D eigenvalue weighted by Crippen LogP contribution is 2.18. The summed E-state index contributed by atoms with van der Waals surface area (Å²) in [7, 11) is 0. The molecular formula is C21H18ClN3O3. The number of benzene rings is 3. The minimum atomic E-state index is -0.849. The molecule has 3 aromatic carbocycles. The van der Waals surface area contributed by atoms with Gasteiger partial charge in [0.25, 0.3) is 5.91 Å². The van der Waals surface area contributed by atoms with Gasteiger partial charge in [0.05, 0.1) is 0 Å². The first-order valence-electron chi connectivity index (χ1n) is 8.49. The number of halogens is 1. The van der Waals surface area contributed by atoms with E-state index in [2.05, 4.69) is 16.2 Å². The second kappa shape index (κ2) is 9.03. The van der Waals surface area contributed by atoms with Crippen molar-refractivity contribution in [3.63, 3.8) is 0 Å². The maximum absolute atomic E-state index is 12.8. The summed E-state index contributed by atoms with van der Waals surface area (Å²) in [5.41, 5.74) is 6.91. The lowest BCUT2D eigenvalue weighted by Crippen LogP contribution is -2.44. The Hall–Kier alpha value is -3.35. The molecule has 0 radical (unpaired) electrons. The number of phenolic OH excluding ortho intramolecular Hbond substituents is 1. The summed E-state index contributed by atoms with van der Waals surface area (Å²) in [6.45, 7) is 0. The largest absolute Gasteiger partial charge is 0.508 e. The first kappa shape index (κ1) is 19.4. The van der Waals surface area contributed by atoms with E-state index in [1.165, 1.54) is 24.3 Å². The van der Waals surface area contributed by atoms with Crippen LogP contribution in [0.4, 0.5) is 5.69 Å². The Morgan fingerprint density at radius 1 is 0.857 bits per heavy atom. The van der Waals surface area contributed by atoms with E-state index in [1.807, 2.05) is 18.2 Å². The van der Waals surface area contributed by atoms with Crippen molar-refractivity contribution in [1.29, 1.82) is 0 Å². The van der Waals surface area contributed by atoms with E-state index in [-0.39, 0.29) is 11.7 Å². The minimum absolute atomic E-state index is 0.0609. The quantitative estimate of drug-likeness (QED) is 0.479. The molecule has 0 aromatic heterocycles. The summed E-state index contributed by atoms with van der Waals surface area (Å²) >= 11 is 5.93. The molecule has 0 saturated heterocycles. The van der Waals surface area contributed by atoms with Crippen LogP contribution < -0.4 is 16.2 Å². The number of para-hydroxylation sites is 1. The molecule has 0 heterocycles. The standard InChI is InChI=1S/C21H18ClN3O3/c22-16-10-6-14(7-11-16)19(21(28)23-17-4-2-1-3-5-17)24-25-20(27)15-8-12-18(26)13-9-15/h1-13,19,24,26H,(H,23,28)(H,25,27)/t19-/m0/s1. The molecule has 3 rings (SSSR count). The number of amides is 2. The van der Waals surface area contributed by atoms with Crippen LogP contribution in [-0.2, 0) is 4.79 Å². The third kappa shape index (κ3) is 5.09. The number of phenols is 1. The third-order valence-electron chi connectivity index (χ3n) is 3.97. The molecule has 28 heavy (non-hydrogen) atoms. The van der Waals surface area contributed by atoms with Gasteiger partial charge in [-0.1, -0.05) is 41.9 Å². The molecule has 0 unspecified atom stereocenters. The van der Waals surface area contributed by atoms with Crippen molar-refractivity contribution in [2.75, 3.05) is 5.32 Å². The van der Waals surface area contributed by atoms with Crippen molar-refractivity contribution in [3.05, 3.63) is 95.0 Å². The summed E-state index contributed by atoms with van der Waals surface area (Å²) in [4.78, 5) is 25.1. The fraction of sp³-hybridized carbons (Fsp3) is 0.0476. The molecule has 7 heteroatoms. The lowest BCUT2D eigenvalue weighted by atomic mass is 10.1. The molecule has 0 bridgehead atoms. The average molecular weight is 396 g/mol. The molecule has 3 aromatic rings. The number of hydrazine groups is 1. The van der Waals surface area contributed by atoms with Gasteiger partial charge >= 0.3 is 0 Å². The highest BCUT2D eigenvalue weighted by Gasteiger charge is 2.21. The molecule has 142 valence electrons. The molecular weight excluding hydrogens is 378 g/mol. The number of carbonyl (C=O) groups excluding carboxylic acids is 2. The van der Waals surface area contributed by atoms with Gasteiger partial charge in [-0.2, -0.15) is 0 Å². The second-order valence-electron chi connectivity index (χ2n) is 5.99. The van der Waals surface area contributed by atoms with E-state index in [1.54, 1.807) is 36.4 Å². The lowest BCUT2D eigenvalue weighted by Gasteiger charge is -2.19. The monoisotopic (exact) mass is 395 g/mol. The van der Waals surface area contributed by atoms with Gasteiger partial charge in [-0.05, 0) is 54.1 Å². The Balaban J connectivity index is 1.75. The highest BCUT2D eigenvalue weighted by atomic mass is 35.5. The summed E-state index contributed by atoms with van der Waals surface area (Å²) in [6, 6.07) is 20.7. The summed E-state index contributed by atoms with van der Waals surface area (Å²) < 4.78 is 0. The van der Waals surface area contributed by atoms with Crippen LogP contribution in [0.5, 0.6) is 5.75 Å². The van der Waals surface area contributed by atoms with Gasteiger partial charge in [-0.3, -0.25) is 15.0 Å². The lowest BCUT2D eigenvalue weighted by molar-refractivity contribution is -0.118. The van der Waals surface area contributed by atoms with Gasteiger partial charge in [0.2, 0.25) is 5.91 Å². The van der Waals surface area contributed by atoms with Gasteiger partial charge in [0, 0.05) is 16.3 Å². The van der Waals surface area contributed by atoms with E-state index in [0.29, 0.717) is 21.8 Å². The Bertz CT molecular complexity index is 945. The molecule has 0 aliphatic heterocycles. The fourth-order valence-corrected chi connectivity index (χ4v) is 2.64. The molecule has 6 nitrogen and oxygen atoms in total. The van der Waals surface area contributed by atoms with Crippen LogP contribution in [0.25, 0.3) is 0 Å². The van der Waals surface area contributed by atoms with Gasteiger partial charge < -0.3 is 10.4 Å². The summed E-state index contributed by atoms with van der Waals surface area (Å²) in [5, 5.41) is 12.7. The van der Waals surface area contributed by atoms with Gasteiger partial charge in [-0.15, -0.1) is 0 Å². The average Bonchev–Trinajstić information content (AvgIpc) is 2.70. The van der Waals surface area contributed by atoms with Crippen molar-refractivity contribution in [2.45, 2.75) is 6.04 Å². The number of nitrogens with one attached hydrogen (secondary N) is 3. The SMILES string of the molecule is O=C(NN[C@H](C(=O)Nc1ccccc1)c1ccc(Cl)cc1)c1ccc(O)cc1. The molecule has 0 saturated carbocycles. The molecule has 0 aliphatic carbocycles. The molecule has 1 atom stereocenters. The zero-order valence-corrected chi connectivity index (χ0v) is 15.5. The molecule has 0 aliphatic rings. The maximum Gasteiger partial charge on any atom is 0.265 e. The topological polar surface area (TPSA) is 90.5 Å². The van der Waals surface area contributed by atoms with Crippen molar-refractivity contribution in [2.24, 2.45) is 0 Å². The second-order valence-corrected chi connectivity index (χ2v) is 6.42. The number of rotatable bonds is 6. The Kier molecular flexibility index (Phi) is 6.26. The van der Waals surface area contributed by atoms with Crippen molar-refractivity contribution in [3.8, 4) is 5.75 Å². The first-order chi connectivity index (χ1) is 13.5. The molecule has 0 spiro atoms. The number of aromatic hydroxyl groups is 1. The Labute approximate surface area is 167 Å². The number of carbonyl (C=O) groups is 2. The van der Waals surface area contributed by atoms with Crippen molar-refractivity contribution < 1.29 is 14.7 Å². The van der Waals surface area contributed by atoms with Gasteiger partial charge in [0.1, 0.15) is 11.8 Å². The van der Waals surface area contributed by atoms with Gasteiger partial charge in [0.15, 0.2) is 0 Å². The summed E-state index contributed by atoms with van der Waals surface area (Å²) in [6.07, 6.45) is 0. The van der Waals surface area contributed by atoms with Crippen LogP contribution in [0.15, 0.2) is 78.9 Å². The third-order valence-corrected chi connectivity index (χ3v) is 4.22. The van der Waals surface area contributed by atoms with Crippen LogP contribution in [-0.4, -0.2) is 16.9 Å². The minimum Gasteiger partial charge on any atom is -0.508 e. The Morgan fingerprint density at radius 3 is 2.14 bits per heavy atom. The maximum atomic E-state index is 12.8.